The first kappa shape index (κ1) is 38.4. The quantitative estimate of drug-likeness (QED) is 0.137. The fraction of sp³-hybridized carbons (Fsp3) is 0.535. The van der Waals surface area contributed by atoms with Crippen LogP contribution < -0.4 is 9.47 Å². The monoisotopic (exact) mass is 852 g/mol. The second kappa shape index (κ2) is 15.7. The van der Waals surface area contributed by atoms with E-state index in [1.54, 1.807) is 14.2 Å². The third-order valence-electron chi connectivity index (χ3n) is 13.7. The van der Waals surface area contributed by atoms with Gasteiger partial charge in [-0.3, -0.25) is 14.1 Å². The Morgan fingerprint density at radius 1 is 0.849 bits per heavy atom. The molecule has 0 aliphatic carbocycles. The summed E-state index contributed by atoms with van der Waals surface area (Å²) in [6, 6.07) is 18.5. The van der Waals surface area contributed by atoms with Crippen molar-refractivity contribution in [2.45, 2.75) is 101 Å². The summed E-state index contributed by atoms with van der Waals surface area (Å²) in [6.07, 6.45) is 14.0. The number of carbonyl (C=O) groups is 2. The largest absolute Gasteiger partial charge is 0.497 e. The maximum atomic E-state index is 14.0. The van der Waals surface area contributed by atoms with Crippen LogP contribution in [0.25, 0.3) is 10.8 Å². The number of quaternary nitrogens is 2. The molecule has 3 aromatic rings. The molecule has 4 fully saturated rings. The number of piperidine rings is 2. The lowest BCUT2D eigenvalue weighted by Gasteiger charge is -2.47. The molecule has 0 aromatic heterocycles. The summed E-state index contributed by atoms with van der Waals surface area (Å²) in [6.45, 7) is 1.06. The molecule has 1 N–H and O–H groups in total. The first-order valence-corrected chi connectivity index (χ1v) is 20.9. The van der Waals surface area contributed by atoms with Gasteiger partial charge in [0, 0.05) is 72.1 Å². The SMILES string of the molecule is COc1ccc2cc(CC=C[N+]3(C)C4CCC3CC(C(CC(=O)O)C(=O)OC3CC5CCC(C3)[N+]5(C)CCc3ccc(Br)c(Br)c3)C4)cc(OC)c2c1. The standard InChI is InChI=1S/C43H53Br2N2O6/c1-46(16-5-6-28-18-29-8-13-35(51-3)25-37(29)41(20-28)52-4)31-9-10-32(46)22-30(21-31)38(26-42(48)49)43(50)53-36-23-33-11-12-34(24-36)47(33,2)17-15-27-7-14-39(44)40(45)19-27/h5,7-8,13-14,16,18-20,25,30-34,36,38H,6,9-12,15,17,21-24,26H2,1-4H3/q+1/p+1. The van der Waals surface area contributed by atoms with Crippen LogP contribution in [-0.4, -0.2) is 91.1 Å². The zero-order chi connectivity index (χ0) is 37.5. The summed E-state index contributed by atoms with van der Waals surface area (Å²) >= 11 is 7.23. The molecule has 0 radical (unpaired) electrons. The van der Waals surface area contributed by atoms with Crippen LogP contribution in [0.15, 0.2) is 69.8 Å². The Balaban J connectivity index is 0.981. The Labute approximate surface area is 330 Å². The number of nitrogens with zero attached hydrogens (tertiary/aromatic N) is 2. The molecule has 0 spiro atoms. The predicted octanol–water partition coefficient (Wildman–Crippen LogP) is 8.84. The average molecular weight is 855 g/mol. The van der Waals surface area contributed by atoms with Gasteiger partial charge in [-0.25, -0.2) is 0 Å². The van der Waals surface area contributed by atoms with E-state index in [2.05, 4.69) is 94.6 Å². The van der Waals surface area contributed by atoms with Gasteiger partial charge in [-0.1, -0.05) is 18.2 Å². The zero-order valence-corrected chi connectivity index (χ0v) is 34.6. The highest BCUT2D eigenvalue weighted by Gasteiger charge is 2.55. The van der Waals surface area contributed by atoms with E-state index in [0.29, 0.717) is 24.2 Å². The van der Waals surface area contributed by atoms with Crippen LogP contribution >= 0.6 is 31.9 Å². The van der Waals surface area contributed by atoms with Crippen molar-refractivity contribution in [1.29, 1.82) is 0 Å². The minimum absolute atomic E-state index is 0.0176. The lowest BCUT2D eigenvalue weighted by atomic mass is 9.78. The number of carboxylic acid groups (broad SMARTS) is 1. The molecule has 4 saturated heterocycles. The molecule has 4 aliphatic rings. The van der Waals surface area contributed by atoms with Gasteiger partial charge >= 0.3 is 11.9 Å². The number of carboxylic acids is 1. The molecule has 4 aliphatic heterocycles. The minimum Gasteiger partial charge on any atom is -0.497 e. The predicted molar refractivity (Wildman–Crippen MR) is 214 cm³/mol. The Morgan fingerprint density at radius 2 is 1.55 bits per heavy atom. The van der Waals surface area contributed by atoms with Crippen molar-refractivity contribution in [1.82, 2.24) is 0 Å². The van der Waals surface area contributed by atoms with Gasteiger partial charge in [0.1, 0.15) is 17.6 Å². The Kier molecular flexibility index (Phi) is 11.3. The molecule has 53 heavy (non-hydrogen) atoms. The molecular weight excluding hydrogens is 800 g/mol. The summed E-state index contributed by atoms with van der Waals surface area (Å²) in [5, 5.41) is 12.1. The van der Waals surface area contributed by atoms with Crippen molar-refractivity contribution in [3.63, 3.8) is 0 Å². The highest BCUT2D eigenvalue weighted by molar-refractivity contribution is 9.13. The second-order valence-corrected chi connectivity index (χ2v) is 18.2. The summed E-state index contributed by atoms with van der Waals surface area (Å²) in [5.41, 5.74) is 2.50. The van der Waals surface area contributed by atoms with Gasteiger partial charge in [0.2, 0.25) is 0 Å². The van der Waals surface area contributed by atoms with Crippen molar-refractivity contribution in [3.05, 3.63) is 80.9 Å². The molecular formula is C43H54Br2N2O6+2. The molecule has 3 aromatic carbocycles. The van der Waals surface area contributed by atoms with Gasteiger partial charge in [-0.2, -0.15) is 0 Å². The Hall–Kier alpha value is -2.92. The van der Waals surface area contributed by atoms with E-state index in [1.165, 1.54) is 11.1 Å². The van der Waals surface area contributed by atoms with Gasteiger partial charge < -0.3 is 23.8 Å². The number of rotatable bonds is 13. The fourth-order valence-corrected chi connectivity index (χ4v) is 11.3. The number of hydrogen-bond donors (Lipinski definition) is 1. The van der Waals surface area contributed by atoms with Gasteiger partial charge in [-0.05, 0) is 97.1 Å². The number of likely N-dealkylation sites (N-methyl/N-ethyl adjacent to an activating group) is 1. The van der Waals surface area contributed by atoms with Crippen molar-refractivity contribution in [3.8, 4) is 11.5 Å². The number of hydrogen-bond acceptors (Lipinski definition) is 5. The summed E-state index contributed by atoms with van der Waals surface area (Å²) < 4.78 is 21.5. The summed E-state index contributed by atoms with van der Waals surface area (Å²) in [5.74, 6) is -0.149. The Bertz CT molecular complexity index is 1850. The van der Waals surface area contributed by atoms with E-state index in [9.17, 15) is 14.7 Å². The topological polar surface area (TPSA) is 82.1 Å². The van der Waals surface area contributed by atoms with E-state index in [1.807, 2.05) is 12.1 Å². The van der Waals surface area contributed by atoms with Crippen LogP contribution in [0.3, 0.4) is 0 Å². The summed E-state index contributed by atoms with van der Waals surface area (Å²) in [7, 11) is 8.08. The number of fused-ring (bicyclic) bond motifs is 5. The maximum absolute atomic E-state index is 14.0. The molecule has 4 bridgehead atoms. The first-order chi connectivity index (χ1) is 25.4. The van der Waals surface area contributed by atoms with Crippen molar-refractivity contribution < 1.29 is 37.9 Å². The number of methoxy groups -OCH3 is 2. The van der Waals surface area contributed by atoms with Crippen molar-refractivity contribution in [2.75, 3.05) is 34.9 Å². The molecule has 5 atom stereocenters. The summed E-state index contributed by atoms with van der Waals surface area (Å²) in [4.78, 5) is 26.2. The minimum atomic E-state index is -0.918. The highest BCUT2D eigenvalue weighted by atomic mass is 79.9. The van der Waals surface area contributed by atoms with Gasteiger partial charge in [0.25, 0.3) is 0 Å². The van der Waals surface area contributed by atoms with E-state index in [-0.39, 0.29) is 24.4 Å². The Morgan fingerprint density at radius 3 is 2.19 bits per heavy atom. The van der Waals surface area contributed by atoms with Crippen molar-refractivity contribution >= 4 is 54.6 Å². The number of esters is 1. The third-order valence-corrected chi connectivity index (χ3v) is 15.6. The number of allylic oxidation sites excluding steroid dienone is 1. The number of ether oxygens (including phenoxy) is 3. The van der Waals surface area contributed by atoms with E-state index in [0.717, 1.165) is 111 Å². The van der Waals surface area contributed by atoms with Gasteiger partial charge in [0.15, 0.2) is 0 Å². The first-order valence-electron chi connectivity index (χ1n) is 19.3. The fourth-order valence-electron chi connectivity index (χ4n) is 10.6. The number of carbonyl (C=O) groups excluding carboxylic acids is 1. The lowest BCUT2D eigenvalue weighted by Crippen LogP contribution is -2.60. The van der Waals surface area contributed by atoms with E-state index >= 15 is 0 Å². The molecule has 0 saturated carbocycles. The molecule has 7 rings (SSSR count). The number of aliphatic carboxylic acids is 1. The van der Waals surface area contributed by atoms with Crippen LogP contribution in [0.2, 0.25) is 0 Å². The molecule has 10 heteroatoms. The van der Waals surface area contributed by atoms with Gasteiger partial charge in [0.05, 0.1) is 77.6 Å². The van der Waals surface area contributed by atoms with Crippen molar-refractivity contribution in [2.24, 2.45) is 11.8 Å². The van der Waals surface area contributed by atoms with Crippen LogP contribution in [-0.2, 0) is 27.2 Å². The maximum Gasteiger partial charge on any atom is 0.310 e. The smallest absolute Gasteiger partial charge is 0.310 e. The van der Waals surface area contributed by atoms with Gasteiger partial charge in [-0.15, -0.1) is 0 Å². The molecule has 4 heterocycles. The molecule has 0 amide bonds. The molecule has 284 valence electrons. The number of benzene rings is 3. The third kappa shape index (κ3) is 7.80. The zero-order valence-electron chi connectivity index (χ0n) is 31.4. The normalized spacial score (nSPS) is 31.1. The average Bonchev–Trinajstić information content (AvgIpc) is 3.37. The van der Waals surface area contributed by atoms with Crippen LogP contribution in [0.1, 0.15) is 68.9 Å². The number of halogens is 2. The van der Waals surface area contributed by atoms with E-state index in [4.69, 9.17) is 14.2 Å². The van der Waals surface area contributed by atoms with Crippen LogP contribution in [0, 0.1) is 11.8 Å². The lowest BCUT2D eigenvalue weighted by molar-refractivity contribution is -0.949. The molecule has 8 nitrogen and oxygen atoms in total. The highest BCUT2D eigenvalue weighted by Crippen LogP contribution is 2.48. The molecule has 5 unspecified atom stereocenters. The van der Waals surface area contributed by atoms with Crippen LogP contribution in [0.4, 0.5) is 0 Å². The second-order valence-electron chi connectivity index (χ2n) is 16.5. The van der Waals surface area contributed by atoms with E-state index < -0.39 is 11.9 Å². The van der Waals surface area contributed by atoms with Crippen LogP contribution in [0.5, 0.6) is 11.5 Å².